The van der Waals surface area contributed by atoms with Gasteiger partial charge in [-0.3, -0.25) is 9.69 Å². The third kappa shape index (κ3) is 9.43. The number of rotatable bonds is 8. The molecule has 0 radical (unpaired) electrons. The Balaban J connectivity index is 2.06. The van der Waals surface area contributed by atoms with Gasteiger partial charge in [0, 0.05) is 32.6 Å². The van der Waals surface area contributed by atoms with Gasteiger partial charge in [-0.1, -0.05) is 19.3 Å². The summed E-state index contributed by atoms with van der Waals surface area (Å²) in [6, 6.07) is 0. The molecule has 134 valence electrons. The topological polar surface area (TPSA) is 70.1 Å². The number of piperazine rings is 1. The number of ether oxygens (including phenoxy) is 1. The molecule has 23 heavy (non-hydrogen) atoms. The van der Waals surface area contributed by atoms with Gasteiger partial charge >= 0.3 is 12.1 Å². The maximum Gasteiger partial charge on any atom is 0.410 e. The van der Waals surface area contributed by atoms with Gasteiger partial charge < -0.3 is 14.7 Å². The van der Waals surface area contributed by atoms with E-state index in [4.69, 9.17) is 9.84 Å². The van der Waals surface area contributed by atoms with Crippen LogP contribution in [0.25, 0.3) is 0 Å². The highest BCUT2D eigenvalue weighted by molar-refractivity contribution is 5.68. The number of hydrogen-bond donors (Lipinski definition) is 1. The summed E-state index contributed by atoms with van der Waals surface area (Å²) in [4.78, 5) is 26.5. The van der Waals surface area contributed by atoms with E-state index in [0.717, 1.165) is 64.8 Å². The number of carbonyl (C=O) groups excluding carboxylic acids is 1. The first-order chi connectivity index (χ1) is 10.8. The quantitative estimate of drug-likeness (QED) is 0.694. The number of carbonyl (C=O) groups is 2. The molecule has 1 fully saturated rings. The molecule has 0 atom stereocenters. The Hall–Kier alpha value is -1.30. The van der Waals surface area contributed by atoms with Crippen LogP contribution in [0.5, 0.6) is 0 Å². The first kappa shape index (κ1) is 19.7. The fourth-order valence-electron chi connectivity index (χ4n) is 2.62. The van der Waals surface area contributed by atoms with Gasteiger partial charge in [0.15, 0.2) is 0 Å². The molecule has 1 rings (SSSR count). The first-order valence-corrected chi connectivity index (χ1v) is 8.70. The SMILES string of the molecule is CC(C)(C)OC(=O)N1CCN(CCCCCCCC(=O)O)CC1. The average molecular weight is 328 g/mol. The van der Waals surface area contributed by atoms with Crippen LogP contribution in [-0.2, 0) is 9.53 Å². The first-order valence-electron chi connectivity index (χ1n) is 8.70. The zero-order valence-electron chi connectivity index (χ0n) is 14.8. The van der Waals surface area contributed by atoms with Gasteiger partial charge in [0.1, 0.15) is 5.60 Å². The molecule has 0 aliphatic carbocycles. The Morgan fingerprint density at radius 2 is 1.52 bits per heavy atom. The van der Waals surface area contributed by atoms with Crippen LogP contribution < -0.4 is 0 Å². The number of unbranched alkanes of at least 4 members (excludes halogenated alkanes) is 4. The molecule has 0 unspecified atom stereocenters. The summed E-state index contributed by atoms with van der Waals surface area (Å²) >= 11 is 0. The summed E-state index contributed by atoms with van der Waals surface area (Å²) in [6.07, 6.45) is 5.24. The van der Waals surface area contributed by atoms with E-state index < -0.39 is 11.6 Å². The van der Waals surface area contributed by atoms with E-state index in [2.05, 4.69) is 4.90 Å². The predicted octanol–water partition coefficient (Wildman–Crippen LogP) is 2.96. The second-order valence-electron chi connectivity index (χ2n) is 7.22. The lowest BCUT2D eigenvalue weighted by Crippen LogP contribution is -2.50. The summed E-state index contributed by atoms with van der Waals surface area (Å²) in [7, 11) is 0. The van der Waals surface area contributed by atoms with E-state index in [1.807, 2.05) is 20.8 Å². The molecule has 0 aromatic heterocycles. The van der Waals surface area contributed by atoms with Crippen LogP contribution in [0.1, 0.15) is 59.3 Å². The molecule has 1 amide bonds. The van der Waals surface area contributed by atoms with E-state index in [9.17, 15) is 9.59 Å². The summed E-state index contributed by atoms with van der Waals surface area (Å²) in [5.41, 5.74) is -0.436. The van der Waals surface area contributed by atoms with Gasteiger partial charge in [-0.2, -0.15) is 0 Å². The Morgan fingerprint density at radius 1 is 0.957 bits per heavy atom. The van der Waals surface area contributed by atoms with Crippen LogP contribution in [0.4, 0.5) is 4.79 Å². The van der Waals surface area contributed by atoms with Crippen LogP contribution in [0.2, 0.25) is 0 Å². The van der Waals surface area contributed by atoms with E-state index in [1.54, 1.807) is 4.90 Å². The van der Waals surface area contributed by atoms with Crippen molar-refractivity contribution in [3.63, 3.8) is 0 Å². The molecule has 1 aliphatic heterocycles. The van der Waals surface area contributed by atoms with E-state index in [-0.39, 0.29) is 12.5 Å². The number of hydrogen-bond acceptors (Lipinski definition) is 4. The molecule has 0 bridgehead atoms. The molecule has 0 aromatic rings. The monoisotopic (exact) mass is 328 g/mol. The van der Waals surface area contributed by atoms with E-state index in [1.165, 1.54) is 0 Å². The molecule has 6 heteroatoms. The fraction of sp³-hybridized carbons (Fsp3) is 0.882. The van der Waals surface area contributed by atoms with Gasteiger partial charge in [0.25, 0.3) is 0 Å². The average Bonchev–Trinajstić information content (AvgIpc) is 2.44. The molecule has 0 spiro atoms. The second-order valence-corrected chi connectivity index (χ2v) is 7.22. The Bertz CT molecular complexity index is 371. The molecular formula is C17H32N2O4. The van der Waals surface area contributed by atoms with Gasteiger partial charge in [0.05, 0.1) is 0 Å². The highest BCUT2D eigenvalue weighted by atomic mass is 16.6. The summed E-state index contributed by atoms with van der Waals surface area (Å²) in [6.45, 7) is 9.98. The van der Waals surface area contributed by atoms with Crippen LogP contribution >= 0.6 is 0 Å². The lowest BCUT2D eigenvalue weighted by molar-refractivity contribution is -0.137. The molecular weight excluding hydrogens is 296 g/mol. The minimum absolute atomic E-state index is 0.212. The smallest absolute Gasteiger partial charge is 0.410 e. The molecule has 0 aromatic carbocycles. The fourth-order valence-corrected chi connectivity index (χ4v) is 2.62. The highest BCUT2D eigenvalue weighted by Crippen LogP contribution is 2.12. The molecule has 1 N–H and O–H groups in total. The van der Waals surface area contributed by atoms with Gasteiger partial charge in [-0.25, -0.2) is 4.79 Å². The Kier molecular flexibility index (Phi) is 8.37. The van der Waals surface area contributed by atoms with Crippen molar-refractivity contribution in [2.45, 2.75) is 64.9 Å². The van der Waals surface area contributed by atoms with Crippen molar-refractivity contribution < 1.29 is 19.4 Å². The maximum absolute atomic E-state index is 12.0. The number of carboxylic acids is 1. The summed E-state index contributed by atoms with van der Waals surface area (Å²) in [5, 5.41) is 8.57. The van der Waals surface area contributed by atoms with Crippen molar-refractivity contribution in [3.8, 4) is 0 Å². The molecule has 1 aliphatic rings. The molecule has 1 heterocycles. The van der Waals surface area contributed by atoms with Crippen molar-refractivity contribution in [3.05, 3.63) is 0 Å². The third-order valence-corrected chi connectivity index (χ3v) is 3.89. The van der Waals surface area contributed by atoms with Crippen molar-refractivity contribution in [1.29, 1.82) is 0 Å². The summed E-state index contributed by atoms with van der Waals surface area (Å²) < 4.78 is 5.39. The Morgan fingerprint density at radius 3 is 2.09 bits per heavy atom. The number of amides is 1. The Labute approximate surface area is 139 Å². The molecule has 1 saturated heterocycles. The number of aliphatic carboxylic acids is 1. The van der Waals surface area contributed by atoms with Crippen molar-refractivity contribution in [1.82, 2.24) is 9.80 Å². The van der Waals surface area contributed by atoms with Crippen LogP contribution in [0, 0.1) is 0 Å². The predicted molar refractivity (Wildman–Crippen MR) is 89.6 cm³/mol. The van der Waals surface area contributed by atoms with Crippen molar-refractivity contribution in [2.75, 3.05) is 32.7 Å². The van der Waals surface area contributed by atoms with E-state index in [0.29, 0.717) is 0 Å². The lowest BCUT2D eigenvalue weighted by atomic mass is 10.1. The normalized spacial score (nSPS) is 16.4. The minimum atomic E-state index is -0.701. The standard InChI is InChI=1S/C17H32N2O4/c1-17(2,3)23-16(22)19-13-11-18(12-14-19)10-8-6-4-5-7-9-15(20)21/h4-14H2,1-3H3,(H,20,21). The lowest BCUT2D eigenvalue weighted by Gasteiger charge is -2.35. The highest BCUT2D eigenvalue weighted by Gasteiger charge is 2.25. The minimum Gasteiger partial charge on any atom is -0.481 e. The van der Waals surface area contributed by atoms with Gasteiger partial charge in [-0.05, 0) is 40.2 Å². The van der Waals surface area contributed by atoms with Crippen LogP contribution in [0.3, 0.4) is 0 Å². The number of nitrogens with zero attached hydrogens (tertiary/aromatic N) is 2. The number of carboxylic acid groups (broad SMARTS) is 1. The zero-order valence-corrected chi connectivity index (χ0v) is 14.8. The van der Waals surface area contributed by atoms with Gasteiger partial charge in [-0.15, -0.1) is 0 Å². The van der Waals surface area contributed by atoms with Crippen molar-refractivity contribution >= 4 is 12.1 Å². The molecule has 6 nitrogen and oxygen atoms in total. The van der Waals surface area contributed by atoms with Crippen LogP contribution in [-0.4, -0.2) is 65.3 Å². The van der Waals surface area contributed by atoms with Crippen LogP contribution in [0.15, 0.2) is 0 Å². The second kappa shape index (κ2) is 9.75. The largest absolute Gasteiger partial charge is 0.481 e. The van der Waals surface area contributed by atoms with Gasteiger partial charge in [0.2, 0.25) is 0 Å². The van der Waals surface area contributed by atoms with Crippen molar-refractivity contribution in [2.24, 2.45) is 0 Å². The summed E-state index contributed by atoms with van der Waals surface area (Å²) in [5.74, 6) is -0.701. The maximum atomic E-state index is 12.0. The zero-order chi connectivity index (χ0) is 17.3. The van der Waals surface area contributed by atoms with E-state index >= 15 is 0 Å². The third-order valence-electron chi connectivity index (χ3n) is 3.89. The molecule has 0 saturated carbocycles.